The highest BCUT2D eigenvalue weighted by atomic mass is 35.5. The molecule has 0 spiro atoms. The largest absolute Gasteiger partial charge is 0.504 e. The SMILES string of the molecule is NC(=O)c1[nH]n(-c2ccccc2)c(=O)c1N=Nc1cc(Cl)cc(Cl)c1O. The third kappa shape index (κ3) is 3.32. The third-order valence-electron chi connectivity index (χ3n) is 3.39. The minimum atomic E-state index is -0.890. The summed E-state index contributed by atoms with van der Waals surface area (Å²) in [4.78, 5) is 24.2. The number of nitrogens with zero attached hydrogens (tertiary/aromatic N) is 3. The number of carbonyl (C=O) groups is 1. The van der Waals surface area contributed by atoms with Gasteiger partial charge in [-0.05, 0) is 24.3 Å². The molecule has 2 aromatic carbocycles. The van der Waals surface area contributed by atoms with Crippen molar-refractivity contribution in [2.45, 2.75) is 0 Å². The number of halogens is 2. The van der Waals surface area contributed by atoms with Gasteiger partial charge in [0.1, 0.15) is 5.69 Å². The number of nitrogens with one attached hydrogen (secondary N) is 1. The maximum Gasteiger partial charge on any atom is 0.299 e. The number of nitrogens with two attached hydrogens (primary N) is 1. The number of aromatic amines is 1. The van der Waals surface area contributed by atoms with Crippen molar-refractivity contribution >= 4 is 40.5 Å². The van der Waals surface area contributed by atoms with Crippen LogP contribution in [0.1, 0.15) is 10.5 Å². The van der Waals surface area contributed by atoms with Crippen LogP contribution in [0.4, 0.5) is 11.4 Å². The highest BCUT2D eigenvalue weighted by molar-refractivity contribution is 6.36. The first-order valence-electron chi connectivity index (χ1n) is 7.18. The molecule has 0 aliphatic heterocycles. The van der Waals surface area contributed by atoms with Gasteiger partial charge < -0.3 is 10.8 Å². The second kappa shape index (κ2) is 7.03. The predicted octanol–water partition coefficient (Wildman–Crippen LogP) is 3.69. The summed E-state index contributed by atoms with van der Waals surface area (Å²) in [6, 6.07) is 11.2. The molecule has 3 aromatic rings. The average Bonchev–Trinajstić information content (AvgIpc) is 2.94. The lowest BCUT2D eigenvalue weighted by molar-refractivity contribution is 0.0996. The van der Waals surface area contributed by atoms with Crippen LogP contribution in [0.2, 0.25) is 10.0 Å². The van der Waals surface area contributed by atoms with Crippen LogP contribution in [0, 0.1) is 0 Å². The number of aromatic nitrogens is 2. The molecule has 0 fully saturated rings. The van der Waals surface area contributed by atoms with E-state index in [1.165, 1.54) is 12.1 Å². The zero-order chi connectivity index (χ0) is 18.8. The molecule has 132 valence electrons. The van der Waals surface area contributed by atoms with Gasteiger partial charge in [-0.15, -0.1) is 10.2 Å². The van der Waals surface area contributed by atoms with E-state index in [0.29, 0.717) is 5.69 Å². The first-order valence-corrected chi connectivity index (χ1v) is 7.94. The molecule has 1 aromatic heterocycles. The number of primary amides is 1. The van der Waals surface area contributed by atoms with Crippen LogP contribution in [0.3, 0.4) is 0 Å². The number of azo groups is 1. The molecule has 0 saturated heterocycles. The Bertz CT molecular complexity index is 1070. The minimum absolute atomic E-state index is 0.0302. The topological polar surface area (TPSA) is 126 Å². The van der Waals surface area contributed by atoms with Crippen LogP contribution in [0.5, 0.6) is 5.75 Å². The van der Waals surface area contributed by atoms with Gasteiger partial charge in [-0.2, -0.15) is 0 Å². The maximum absolute atomic E-state index is 12.6. The molecule has 0 unspecified atom stereocenters. The molecule has 1 amide bonds. The van der Waals surface area contributed by atoms with Crippen molar-refractivity contribution in [3.63, 3.8) is 0 Å². The van der Waals surface area contributed by atoms with Gasteiger partial charge in [0.25, 0.3) is 11.5 Å². The molecule has 0 saturated carbocycles. The fraction of sp³-hybridized carbons (Fsp3) is 0. The number of phenolic OH excluding ortho intramolecular Hbond substituents is 1. The standard InChI is InChI=1S/C16H11Cl2N5O3/c17-8-6-10(18)14(24)11(7-8)20-21-13-12(15(19)25)22-23(16(13)26)9-4-2-1-3-5-9/h1-7,22,24H,(H2,19,25). The number of hydrogen-bond donors (Lipinski definition) is 3. The van der Waals surface area contributed by atoms with Crippen LogP contribution >= 0.6 is 23.2 Å². The molecule has 10 heteroatoms. The Hall–Kier alpha value is -3.10. The Kier molecular flexibility index (Phi) is 4.79. The van der Waals surface area contributed by atoms with Crippen molar-refractivity contribution in [2.24, 2.45) is 16.0 Å². The van der Waals surface area contributed by atoms with E-state index in [0.717, 1.165) is 4.68 Å². The minimum Gasteiger partial charge on any atom is -0.504 e. The van der Waals surface area contributed by atoms with Crippen LogP contribution in [-0.4, -0.2) is 20.8 Å². The van der Waals surface area contributed by atoms with E-state index in [-0.39, 0.29) is 32.9 Å². The van der Waals surface area contributed by atoms with E-state index < -0.39 is 11.5 Å². The van der Waals surface area contributed by atoms with Crippen LogP contribution in [0.25, 0.3) is 5.69 Å². The van der Waals surface area contributed by atoms with Gasteiger partial charge in [0.2, 0.25) is 0 Å². The number of hydrogen-bond acceptors (Lipinski definition) is 5. The number of para-hydroxylation sites is 1. The van der Waals surface area contributed by atoms with Gasteiger partial charge in [-0.1, -0.05) is 41.4 Å². The fourth-order valence-corrected chi connectivity index (χ4v) is 2.67. The molecule has 0 radical (unpaired) electrons. The number of H-pyrrole nitrogens is 1. The van der Waals surface area contributed by atoms with Crippen molar-refractivity contribution in [3.8, 4) is 11.4 Å². The molecule has 0 atom stereocenters. The molecular weight excluding hydrogens is 381 g/mol. The molecule has 3 rings (SSSR count). The average molecular weight is 392 g/mol. The molecule has 0 bridgehead atoms. The highest BCUT2D eigenvalue weighted by Gasteiger charge is 2.19. The first-order chi connectivity index (χ1) is 12.4. The van der Waals surface area contributed by atoms with Gasteiger partial charge in [0.15, 0.2) is 17.1 Å². The van der Waals surface area contributed by atoms with Gasteiger partial charge >= 0.3 is 0 Å². The summed E-state index contributed by atoms with van der Waals surface area (Å²) in [5, 5.41) is 20.2. The first kappa shape index (κ1) is 17.7. The summed E-state index contributed by atoms with van der Waals surface area (Å²) >= 11 is 11.7. The lowest BCUT2D eigenvalue weighted by Gasteiger charge is -2.00. The summed E-state index contributed by atoms with van der Waals surface area (Å²) in [6.45, 7) is 0. The number of rotatable bonds is 4. The number of phenols is 1. The Morgan fingerprint density at radius 1 is 1.15 bits per heavy atom. The van der Waals surface area contributed by atoms with E-state index >= 15 is 0 Å². The molecule has 4 N–H and O–H groups in total. The van der Waals surface area contributed by atoms with Gasteiger partial charge in [0, 0.05) is 5.02 Å². The predicted molar refractivity (Wildman–Crippen MR) is 97.2 cm³/mol. The second-order valence-electron chi connectivity index (χ2n) is 5.13. The van der Waals surface area contributed by atoms with Crippen LogP contribution in [-0.2, 0) is 0 Å². The van der Waals surface area contributed by atoms with Crippen molar-refractivity contribution < 1.29 is 9.90 Å². The van der Waals surface area contributed by atoms with Crippen molar-refractivity contribution in [3.05, 3.63) is 68.6 Å². The third-order valence-corrected chi connectivity index (χ3v) is 3.90. The van der Waals surface area contributed by atoms with E-state index in [9.17, 15) is 14.7 Å². The summed E-state index contributed by atoms with van der Waals surface area (Å²) < 4.78 is 1.11. The summed E-state index contributed by atoms with van der Waals surface area (Å²) in [6.07, 6.45) is 0. The molecule has 0 aliphatic carbocycles. The lowest BCUT2D eigenvalue weighted by Crippen LogP contribution is -2.14. The normalized spacial score (nSPS) is 11.2. The van der Waals surface area contributed by atoms with Gasteiger partial charge in [-0.25, -0.2) is 4.68 Å². The quantitative estimate of drug-likeness (QED) is 0.586. The van der Waals surface area contributed by atoms with E-state index in [2.05, 4.69) is 15.3 Å². The van der Waals surface area contributed by atoms with Crippen molar-refractivity contribution in [2.75, 3.05) is 0 Å². The highest BCUT2D eigenvalue weighted by Crippen LogP contribution is 2.37. The molecule has 8 nitrogen and oxygen atoms in total. The molecule has 1 heterocycles. The van der Waals surface area contributed by atoms with Crippen LogP contribution < -0.4 is 11.3 Å². The Morgan fingerprint density at radius 3 is 2.50 bits per heavy atom. The Labute approximate surface area is 156 Å². The van der Waals surface area contributed by atoms with E-state index in [1.54, 1.807) is 30.3 Å². The Morgan fingerprint density at radius 2 is 1.85 bits per heavy atom. The Balaban J connectivity index is 2.12. The molecule has 26 heavy (non-hydrogen) atoms. The smallest absolute Gasteiger partial charge is 0.299 e. The van der Waals surface area contributed by atoms with Crippen molar-refractivity contribution in [1.82, 2.24) is 9.78 Å². The monoisotopic (exact) mass is 391 g/mol. The summed E-state index contributed by atoms with van der Waals surface area (Å²) in [5.41, 5.74) is 4.55. The number of amides is 1. The molecule has 0 aliphatic rings. The fourth-order valence-electron chi connectivity index (χ4n) is 2.18. The number of aromatic hydroxyl groups is 1. The van der Waals surface area contributed by atoms with Crippen molar-refractivity contribution in [1.29, 1.82) is 0 Å². The van der Waals surface area contributed by atoms with E-state index in [4.69, 9.17) is 28.9 Å². The van der Waals surface area contributed by atoms with Gasteiger partial charge in [-0.3, -0.25) is 14.7 Å². The summed E-state index contributed by atoms with van der Waals surface area (Å²) in [5.74, 6) is -1.25. The second-order valence-corrected chi connectivity index (χ2v) is 5.97. The zero-order valence-electron chi connectivity index (χ0n) is 13.0. The maximum atomic E-state index is 12.6. The summed E-state index contributed by atoms with van der Waals surface area (Å²) in [7, 11) is 0. The zero-order valence-corrected chi connectivity index (χ0v) is 14.5. The lowest BCUT2D eigenvalue weighted by atomic mass is 10.3. The number of benzene rings is 2. The van der Waals surface area contributed by atoms with Crippen LogP contribution in [0.15, 0.2) is 57.5 Å². The molecular formula is C16H11Cl2N5O3. The van der Waals surface area contributed by atoms with Gasteiger partial charge in [0.05, 0.1) is 10.7 Å². The number of carbonyl (C=O) groups excluding carboxylic acids is 1. The van der Waals surface area contributed by atoms with E-state index in [1.807, 2.05) is 0 Å².